The number of thioether (sulfide) groups is 1. The number of ether oxygens (including phenoxy) is 1. The van der Waals surface area contributed by atoms with Crippen molar-refractivity contribution in [1.82, 2.24) is 0 Å². The van der Waals surface area contributed by atoms with Crippen molar-refractivity contribution in [3.63, 3.8) is 0 Å². The number of nitrogens with two attached hydrogens (primary N) is 1. The van der Waals surface area contributed by atoms with Gasteiger partial charge in [0.2, 0.25) is 11.8 Å². The predicted octanol–water partition coefficient (Wildman–Crippen LogP) is 1.04. The van der Waals surface area contributed by atoms with Crippen molar-refractivity contribution < 1.29 is 19.1 Å². The Bertz CT molecular complexity index is 533. The molecule has 0 heterocycles. The van der Waals surface area contributed by atoms with Gasteiger partial charge in [0, 0.05) is 19.2 Å². The summed E-state index contributed by atoms with van der Waals surface area (Å²) in [6, 6.07) is 6.73. The number of rotatable bonds is 7. The van der Waals surface area contributed by atoms with Crippen molar-refractivity contribution in [1.29, 1.82) is 0 Å². The zero-order valence-electron chi connectivity index (χ0n) is 12.0. The summed E-state index contributed by atoms with van der Waals surface area (Å²) in [6.45, 7) is 0. The Morgan fingerprint density at radius 1 is 1.29 bits per heavy atom. The van der Waals surface area contributed by atoms with E-state index >= 15 is 0 Å². The van der Waals surface area contributed by atoms with Crippen LogP contribution in [0.4, 0.5) is 5.69 Å². The Morgan fingerprint density at radius 2 is 1.95 bits per heavy atom. The molecule has 0 saturated heterocycles. The van der Waals surface area contributed by atoms with Gasteiger partial charge in [-0.15, -0.1) is 0 Å². The minimum absolute atomic E-state index is 0.150. The number of anilines is 1. The zero-order valence-corrected chi connectivity index (χ0v) is 12.8. The Labute approximate surface area is 127 Å². The number of carbonyl (C=O) groups is 3. The Balaban J connectivity index is 2.70. The highest BCUT2D eigenvalue weighted by Gasteiger charge is 2.18. The molecule has 0 radical (unpaired) electrons. The smallest absolute Gasteiger partial charge is 0.339 e. The number of benzene rings is 1. The highest BCUT2D eigenvalue weighted by molar-refractivity contribution is 7.99. The summed E-state index contributed by atoms with van der Waals surface area (Å²) in [5.41, 5.74) is 5.85. The largest absolute Gasteiger partial charge is 0.465 e. The van der Waals surface area contributed by atoms with Crippen molar-refractivity contribution in [2.75, 3.05) is 30.6 Å². The molecule has 0 spiro atoms. The van der Waals surface area contributed by atoms with Gasteiger partial charge in [-0.2, -0.15) is 11.8 Å². The molecule has 0 fully saturated rings. The van der Waals surface area contributed by atoms with Crippen LogP contribution in [0.3, 0.4) is 0 Å². The molecule has 0 aliphatic heterocycles. The lowest BCUT2D eigenvalue weighted by atomic mass is 10.1. The number of esters is 1. The van der Waals surface area contributed by atoms with E-state index in [4.69, 9.17) is 10.5 Å². The number of para-hydroxylation sites is 1. The summed E-state index contributed by atoms with van der Waals surface area (Å²) in [5, 5.41) is 0. The van der Waals surface area contributed by atoms with Gasteiger partial charge in [-0.05, 0) is 12.1 Å². The first kappa shape index (κ1) is 17.0. The number of amides is 2. The van der Waals surface area contributed by atoms with E-state index in [1.807, 2.05) is 0 Å². The number of nitrogens with zero attached hydrogens (tertiary/aromatic N) is 1. The fraction of sp³-hybridized carbons (Fsp3) is 0.357. The van der Waals surface area contributed by atoms with Gasteiger partial charge in [-0.1, -0.05) is 12.1 Å². The number of primary amides is 1. The van der Waals surface area contributed by atoms with E-state index in [0.717, 1.165) is 0 Å². The molecule has 114 valence electrons. The second kappa shape index (κ2) is 8.31. The van der Waals surface area contributed by atoms with Gasteiger partial charge in [0.1, 0.15) is 0 Å². The van der Waals surface area contributed by atoms with Crippen LogP contribution in [-0.2, 0) is 14.3 Å². The summed E-state index contributed by atoms with van der Waals surface area (Å²) in [6.07, 6.45) is 0.254. The van der Waals surface area contributed by atoms with Crippen LogP contribution in [0.5, 0.6) is 0 Å². The lowest BCUT2D eigenvalue weighted by Gasteiger charge is -2.19. The maximum Gasteiger partial charge on any atom is 0.339 e. The van der Waals surface area contributed by atoms with Gasteiger partial charge in [0.05, 0.1) is 24.1 Å². The molecule has 21 heavy (non-hydrogen) atoms. The second-order valence-electron chi connectivity index (χ2n) is 4.23. The first-order valence-corrected chi connectivity index (χ1v) is 7.42. The molecule has 0 aromatic heterocycles. The number of carbonyl (C=O) groups excluding carboxylic acids is 3. The molecule has 1 aromatic carbocycles. The number of methoxy groups -OCH3 is 1. The summed E-state index contributed by atoms with van der Waals surface area (Å²) < 4.78 is 4.70. The summed E-state index contributed by atoms with van der Waals surface area (Å²) in [4.78, 5) is 35.8. The van der Waals surface area contributed by atoms with Crippen molar-refractivity contribution >= 4 is 35.2 Å². The lowest BCUT2D eigenvalue weighted by molar-refractivity contribution is -0.118. The molecule has 0 aliphatic rings. The first-order chi connectivity index (χ1) is 9.97. The zero-order chi connectivity index (χ0) is 15.8. The van der Waals surface area contributed by atoms with Crippen LogP contribution in [-0.4, -0.2) is 43.4 Å². The van der Waals surface area contributed by atoms with Crippen LogP contribution < -0.4 is 10.6 Å². The van der Waals surface area contributed by atoms with E-state index in [-0.39, 0.29) is 18.1 Å². The molecule has 7 heteroatoms. The van der Waals surface area contributed by atoms with Crippen LogP contribution >= 0.6 is 11.8 Å². The van der Waals surface area contributed by atoms with Gasteiger partial charge in [0.25, 0.3) is 0 Å². The molecule has 0 aliphatic carbocycles. The Morgan fingerprint density at radius 3 is 2.57 bits per heavy atom. The van der Waals surface area contributed by atoms with Gasteiger partial charge in [-0.25, -0.2) is 4.79 Å². The third kappa shape index (κ3) is 5.11. The highest BCUT2D eigenvalue weighted by Crippen LogP contribution is 2.21. The standard InChI is InChI=1S/C14H18N2O4S/c1-16(13(18)7-8-21-9-12(15)17)11-6-4-3-5-10(11)14(19)20-2/h3-6H,7-9H2,1-2H3,(H2,15,17). The van der Waals surface area contributed by atoms with Crippen molar-refractivity contribution in [2.24, 2.45) is 5.73 Å². The molecule has 2 N–H and O–H groups in total. The molecule has 0 saturated carbocycles. The monoisotopic (exact) mass is 310 g/mol. The molecular weight excluding hydrogens is 292 g/mol. The van der Waals surface area contributed by atoms with Crippen LogP contribution in [0.15, 0.2) is 24.3 Å². The van der Waals surface area contributed by atoms with E-state index in [1.54, 1.807) is 31.3 Å². The fourth-order valence-corrected chi connectivity index (χ4v) is 2.35. The molecule has 0 atom stereocenters. The van der Waals surface area contributed by atoms with Gasteiger partial charge in [-0.3, -0.25) is 9.59 Å². The molecule has 0 bridgehead atoms. The topological polar surface area (TPSA) is 89.7 Å². The SMILES string of the molecule is COC(=O)c1ccccc1N(C)C(=O)CCSCC(N)=O. The van der Waals surface area contributed by atoms with Crippen molar-refractivity contribution in [3.8, 4) is 0 Å². The highest BCUT2D eigenvalue weighted by atomic mass is 32.2. The van der Waals surface area contributed by atoms with E-state index in [2.05, 4.69) is 0 Å². The Kier molecular flexibility index (Phi) is 6.74. The van der Waals surface area contributed by atoms with E-state index in [9.17, 15) is 14.4 Å². The molecule has 1 rings (SSSR count). The number of hydrogen-bond donors (Lipinski definition) is 1. The van der Waals surface area contributed by atoms with Gasteiger partial charge >= 0.3 is 5.97 Å². The average molecular weight is 310 g/mol. The minimum atomic E-state index is -0.492. The summed E-state index contributed by atoms with van der Waals surface area (Å²) in [7, 11) is 2.89. The normalized spacial score (nSPS) is 10.0. The minimum Gasteiger partial charge on any atom is -0.465 e. The van der Waals surface area contributed by atoms with Gasteiger partial charge in [0.15, 0.2) is 0 Å². The van der Waals surface area contributed by atoms with Crippen LogP contribution in [0.1, 0.15) is 16.8 Å². The first-order valence-electron chi connectivity index (χ1n) is 6.27. The van der Waals surface area contributed by atoms with Crippen molar-refractivity contribution in [3.05, 3.63) is 29.8 Å². The maximum atomic E-state index is 12.1. The summed E-state index contributed by atoms with van der Waals surface area (Å²) in [5.74, 6) is -0.365. The Hall–Kier alpha value is -2.02. The third-order valence-corrected chi connectivity index (χ3v) is 3.73. The van der Waals surface area contributed by atoms with Gasteiger partial charge < -0.3 is 15.4 Å². The quantitative estimate of drug-likeness (QED) is 0.600. The van der Waals surface area contributed by atoms with E-state index in [1.165, 1.54) is 23.8 Å². The van der Waals surface area contributed by atoms with Crippen LogP contribution in [0.25, 0.3) is 0 Å². The van der Waals surface area contributed by atoms with Crippen LogP contribution in [0.2, 0.25) is 0 Å². The molecule has 6 nitrogen and oxygen atoms in total. The molecule has 1 aromatic rings. The maximum absolute atomic E-state index is 12.1. The predicted molar refractivity (Wildman–Crippen MR) is 82.3 cm³/mol. The van der Waals surface area contributed by atoms with E-state index < -0.39 is 11.9 Å². The fourth-order valence-electron chi connectivity index (χ4n) is 1.68. The van der Waals surface area contributed by atoms with Crippen molar-refractivity contribution in [2.45, 2.75) is 6.42 Å². The molecular formula is C14H18N2O4S. The molecule has 0 unspecified atom stereocenters. The lowest BCUT2D eigenvalue weighted by Crippen LogP contribution is -2.28. The number of hydrogen-bond acceptors (Lipinski definition) is 5. The average Bonchev–Trinajstić information content (AvgIpc) is 2.49. The third-order valence-electron chi connectivity index (χ3n) is 2.75. The summed E-state index contributed by atoms with van der Waals surface area (Å²) >= 11 is 1.30. The van der Waals surface area contributed by atoms with Crippen LogP contribution in [0, 0.1) is 0 Å². The second-order valence-corrected chi connectivity index (χ2v) is 5.34. The van der Waals surface area contributed by atoms with E-state index in [0.29, 0.717) is 17.0 Å². The molecule has 2 amide bonds.